The molecule has 3 heteroatoms. The van der Waals surface area contributed by atoms with Crippen LogP contribution in [-0.2, 0) is 0 Å². The summed E-state index contributed by atoms with van der Waals surface area (Å²) >= 11 is 0.0819. The van der Waals surface area contributed by atoms with Crippen LogP contribution in [0.1, 0.15) is 0 Å². The Morgan fingerprint density at radius 2 is 0.677 bits per heavy atom. The van der Waals surface area contributed by atoms with Crippen molar-refractivity contribution in [3.63, 3.8) is 0 Å². The summed E-state index contributed by atoms with van der Waals surface area (Å²) in [6, 6.07) is 76.3. The minimum atomic E-state index is 0.0819. The van der Waals surface area contributed by atoms with E-state index in [1.807, 2.05) is 36.9 Å². The molecule has 3 aromatic heterocycles. The van der Waals surface area contributed by atoms with E-state index in [0.29, 0.717) is 0 Å². The molecule has 0 aliphatic heterocycles. The number of hydrogen-bond acceptors (Lipinski definition) is 2. The Morgan fingerprint density at radius 1 is 0.277 bits per heavy atom. The third-order valence-electron chi connectivity index (χ3n) is 13.2. The van der Waals surface area contributed by atoms with Gasteiger partial charge in [-0.15, -0.1) is 0 Å². The van der Waals surface area contributed by atoms with E-state index in [-0.39, 0.29) is 14.5 Å². The zero-order chi connectivity index (χ0) is 42.8. The zero-order valence-electron chi connectivity index (χ0n) is 35.2. The van der Waals surface area contributed by atoms with Gasteiger partial charge in [0.05, 0.1) is 0 Å². The third kappa shape index (κ3) is 6.09. The standard InChI is InChI=1S/C62H38N2Se/c1-2-16-39(17-3-1)57-45-20-4-10-26-51(45)60(52-27-11-5-21-46(52)57)54-29-12-30-55-61-53(28-13-31-56(61)65-62(54)55)59-49-24-8-6-22-47(49)58(48-23-7-9-25-50(48)59)44-35-42(40-18-14-32-63-37-40)34-43(36-44)41-19-15-33-64-38-41/h1-38H. The van der Waals surface area contributed by atoms with Gasteiger partial charge in [0.25, 0.3) is 0 Å². The van der Waals surface area contributed by atoms with Gasteiger partial charge in [-0.1, -0.05) is 0 Å². The maximum atomic E-state index is 4.51. The quantitative estimate of drug-likeness (QED) is 0.123. The molecule has 0 radical (unpaired) electrons. The number of aromatic nitrogens is 2. The molecule has 0 bridgehead atoms. The molecule has 0 saturated heterocycles. The molecule has 0 aliphatic carbocycles. The average molecular weight is 890 g/mol. The Labute approximate surface area is 382 Å². The Bertz CT molecular complexity index is 3810. The van der Waals surface area contributed by atoms with Crippen LogP contribution in [0.25, 0.3) is 129 Å². The summed E-state index contributed by atoms with van der Waals surface area (Å²) in [5, 5.41) is 12.8. The molecular weight excluding hydrogens is 852 g/mol. The van der Waals surface area contributed by atoms with Crippen molar-refractivity contribution in [1.29, 1.82) is 0 Å². The van der Waals surface area contributed by atoms with E-state index in [4.69, 9.17) is 0 Å². The van der Waals surface area contributed by atoms with Crippen LogP contribution in [0.3, 0.4) is 0 Å². The Morgan fingerprint density at radius 3 is 1.18 bits per heavy atom. The second-order valence-corrected chi connectivity index (χ2v) is 19.0. The Kier molecular flexibility index (Phi) is 8.91. The van der Waals surface area contributed by atoms with Gasteiger partial charge in [-0.3, -0.25) is 9.97 Å². The first kappa shape index (κ1) is 37.6. The van der Waals surface area contributed by atoms with E-state index in [1.165, 1.54) is 107 Å². The molecule has 0 spiro atoms. The van der Waals surface area contributed by atoms with Gasteiger partial charge in [-0.25, -0.2) is 0 Å². The first-order chi connectivity index (χ1) is 32.3. The van der Waals surface area contributed by atoms with Gasteiger partial charge < -0.3 is 0 Å². The second kappa shape index (κ2) is 15.4. The number of nitrogens with zero attached hydrogens (tertiary/aromatic N) is 2. The summed E-state index contributed by atoms with van der Waals surface area (Å²) in [6.07, 6.45) is 7.58. The van der Waals surface area contributed by atoms with E-state index in [9.17, 15) is 0 Å². The Balaban J connectivity index is 1.08. The molecule has 0 saturated carbocycles. The van der Waals surface area contributed by atoms with Gasteiger partial charge in [0.1, 0.15) is 0 Å². The van der Waals surface area contributed by atoms with Gasteiger partial charge in [0, 0.05) is 12.4 Å². The predicted octanol–water partition coefficient (Wildman–Crippen LogP) is 16.5. The third-order valence-corrected chi connectivity index (χ3v) is 15.7. The molecule has 0 N–H and O–H groups in total. The fraction of sp³-hybridized carbons (Fsp3) is 0. The fourth-order valence-corrected chi connectivity index (χ4v) is 13.1. The molecule has 3 heterocycles. The van der Waals surface area contributed by atoms with Crippen LogP contribution >= 0.6 is 0 Å². The SMILES string of the molecule is c1ccc(-c2c3ccccc3c(-c3cccc4c3[se]c3cccc(-c5c6ccccc6c(-c6cc(-c7cccnc7)cc(-c7cccnc7)c6)c6ccccc56)c34)c3ccccc23)cc1. The van der Waals surface area contributed by atoms with Crippen LogP contribution < -0.4 is 0 Å². The molecule has 0 amide bonds. The molecule has 13 aromatic rings. The van der Waals surface area contributed by atoms with Crippen molar-refractivity contribution in [2.45, 2.75) is 0 Å². The van der Waals surface area contributed by atoms with Gasteiger partial charge in [0.2, 0.25) is 0 Å². The monoisotopic (exact) mass is 890 g/mol. The first-order valence-corrected chi connectivity index (χ1v) is 23.8. The summed E-state index contributed by atoms with van der Waals surface area (Å²) < 4.78 is 2.88. The predicted molar refractivity (Wildman–Crippen MR) is 277 cm³/mol. The molecule has 10 aromatic carbocycles. The van der Waals surface area contributed by atoms with Crippen LogP contribution in [0.5, 0.6) is 0 Å². The van der Waals surface area contributed by atoms with Crippen molar-refractivity contribution in [3.05, 3.63) is 231 Å². The first-order valence-electron chi connectivity index (χ1n) is 22.1. The summed E-state index contributed by atoms with van der Waals surface area (Å²) in [5.41, 5.74) is 14.6. The van der Waals surface area contributed by atoms with E-state index < -0.39 is 0 Å². The number of hydrogen-bond donors (Lipinski definition) is 0. The molecular formula is C62H38N2Se. The number of benzene rings is 10. The minimum absolute atomic E-state index is 0.0819. The number of rotatable bonds is 6. The molecule has 0 atom stereocenters. The molecule has 65 heavy (non-hydrogen) atoms. The van der Waals surface area contributed by atoms with Gasteiger partial charge in [0.15, 0.2) is 0 Å². The summed E-state index contributed by atoms with van der Waals surface area (Å²) in [5.74, 6) is 0. The second-order valence-electron chi connectivity index (χ2n) is 16.8. The maximum absolute atomic E-state index is 4.51. The Hall–Kier alpha value is -7.94. The molecule has 0 aliphatic rings. The average Bonchev–Trinajstić information content (AvgIpc) is 3.77. The van der Waals surface area contributed by atoms with Crippen molar-refractivity contribution < 1.29 is 0 Å². The van der Waals surface area contributed by atoms with E-state index in [2.05, 4.69) is 204 Å². The summed E-state index contributed by atoms with van der Waals surface area (Å²) in [7, 11) is 0. The molecule has 302 valence electrons. The van der Waals surface area contributed by atoms with Crippen molar-refractivity contribution in [1.82, 2.24) is 9.97 Å². The van der Waals surface area contributed by atoms with Crippen LogP contribution in [0.4, 0.5) is 0 Å². The van der Waals surface area contributed by atoms with Gasteiger partial charge in [-0.05, 0) is 12.1 Å². The molecule has 0 unspecified atom stereocenters. The molecule has 0 fully saturated rings. The van der Waals surface area contributed by atoms with Crippen molar-refractivity contribution in [2.75, 3.05) is 0 Å². The van der Waals surface area contributed by atoms with Crippen LogP contribution in [0.2, 0.25) is 0 Å². The van der Waals surface area contributed by atoms with Crippen LogP contribution in [0.15, 0.2) is 231 Å². The number of fused-ring (bicyclic) bond motifs is 7. The van der Waals surface area contributed by atoms with Gasteiger partial charge in [-0.2, -0.15) is 0 Å². The van der Waals surface area contributed by atoms with Crippen molar-refractivity contribution in [3.8, 4) is 66.8 Å². The number of pyridine rings is 2. The molecule has 2 nitrogen and oxygen atoms in total. The molecule has 13 rings (SSSR count). The van der Waals surface area contributed by atoms with Crippen molar-refractivity contribution in [2.24, 2.45) is 0 Å². The van der Waals surface area contributed by atoms with E-state index in [0.717, 1.165) is 22.3 Å². The van der Waals surface area contributed by atoms with Crippen LogP contribution in [-0.4, -0.2) is 24.5 Å². The normalized spacial score (nSPS) is 11.7. The summed E-state index contributed by atoms with van der Waals surface area (Å²) in [6.45, 7) is 0. The topological polar surface area (TPSA) is 25.8 Å². The van der Waals surface area contributed by atoms with Crippen LogP contribution in [0, 0.1) is 0 Å². The fourth-order valence-electron chi connectivity index (χ4n) is 10.5. The zero-order valence-corrected chi connectivity index (χ0v) is 37.0. The van der Waals surface area contributed by atoms with Gasteiger partial charge >= 0.3 is 350 Å². The summed E-state index contributed by atoms with van der Waals surface area (Å²) in [4.78, 5) is 9.02. The van der Waals surface area contributed by atoms with Crippen molar-refractivity contribution >= 4 is 76.9 Å². The van der Waals surface area contributed by atoms with E-state index in [1.54, 1.807) is 0 Å². The van der Waals surface area contributed by atoms with E-state index >= 15 is 0 Å².